The molecule has 0 saturated carbocycles. The topological polar surface area (TPSA) is 60.9 Å². The summed E-state index contributed by atoms with van der Waals surface area (Å²) >= 11 is 12.0. The molecule has 0 saturated heterocycles. The van der Waals surface area contributed by atoms with E-state index in [0.29, 0.717) is 26.9 Å². The Hall–Kier alpha value is -2.30. The van der Waals surface area contributed by atoms with Gasteiger partial charge in [-0.3, -0.25) is 4.79 Å². The lowest BCUT2D eigenvalue weighted by molar-refractivity contribution is 0.103. The lowest BCUT2D eigenvalue weighted by atomic mass is 10.1. The molecule has 22 heavy (non-hydrogen) atoms. The Morgan fingerprint density at radius 1 is 1.05 bits per heavy atom. The summed E-state index contributed by atoms with van der Waals surface area (Å²) in [5.74, 6) is -0.0245. The molecular weight excluding hydrogens is 321 g/mol. The van der Waals surface area contributed by atoms with Gasteiger partial charge in [0.2, 0.25) is 0 Å². The van der Waals surface area contributed by atoms with E-state index in [4.69, 9.17) is 28.9 Å². The highest BCUT2D eigenvalue weighted by Crippen LogP contribution is 2.24. The van der Waals surface area contributed by atoms with Gasteiger partial charge >= 0.3 is 0 Å². The molecule has 0 radical (unpaired) electrons. The monoisotopic (exact) mass is 331 g/mol. The zero-order valence-corrected chi connectivity index (χ0v) is 12.8. The molecule has 0 fully saturated rings. The predicted octanol–water partition coefficient (Wildman–Crippen LogP) is 3.99. The number of carbonyl (C=O) groups is 1. The number of hydrogen-bond donors (Lipinski definition) is 1. The van der Waals surface area contributed by atoms with Gasteiger partial charge in [-0.15, -0.1) is 0 Å². The van der Waals surface area contributed by atoms with Gasteiger partial charge in [0.25, 0.3) is 0 Å². The summed E-state index contributed by atoms with van der Waals surface area (Å²) in [5, 5.41) is 5.11. The molecule has 4 nitrogen and oxygen atoms in total. The smallest absolute Gasteiger partial charge is 0.199 e. The highest BCUT2D eigenvalue weighted by molar-refractivity contribution is 6.35. The first-order valence-electron chi connectivity index (χ1n) is 6.46. The number of nitrogens with two attached hydrogens (primary N) is 1. The molecule has 0 aliphatic carbocycles. The molecule has 0 aliphatic rings. The third kappa shape index (κ3) is 2.58. The van der Waals surface area contributed by atoms with Gasteiger partial charge in [0, 0.05) is 10.6 Å². The van der Waals surface area contributed by atoms with Crippen LogP contribution in [0.5, 0.6) is 0 Å². The van der Waals surface area contributed by atoms with E-state index in [1.165, 1.54) is 10.9 Å². The molecule has 0 aliphatic heterocycles. The summed E-state index contributed by atoms with van der Waals surface area (Å²) in [4.78, 5) is 12.6. The number of carbonyl (C=O) groups excluding carboxylic acids is 1. The van der Waals surface area contributed by atoms with Crippen LogP contribution in [0.1, 0.15) is 15.9 Å². The van der Waals surface area contributed by atoms with Gasteiger partial charge in [0.05, 0.1) is 22.5 Å². The van der Waals surface area contributed by atoms with Crippen molar-refractivity contribution in [3.8, 4) is 5.69 Å². The lowest BCUT2D eigenvalue weighted by Gasteiger charge is -2.06. The SMILES string of the molecule is Nc1c(C(=O)c2ccccc2Cl)cnn1-c1cccc(Cl)c1. The maximum absolute atomic E-state index is 12.6. The third-order valence-corrected chi connectivity index (χ3v) is 3.79. The minimum absolute atomic E-state index is 0.243. The Morgan fingerprint density at radius 2 is 1.82 bits per heavy atom. The Kier molecular flexibility index (Phi) is 3.88. The zero-order valence-electron chi connectivity index (χ0n) is 11.3. The van der Waals surface area contributed by atoms with E-state index in [2.05, 4.69) is 5.10 Å². The summed E-state index contributed by atoms with van der Waals surface area (Å²) in [6.07, 6.45) is 1.43. The normalized spacial score (nSPS) is 10.6. The van der Waals surface area contributed by atoms with Crippen LogP contribution in [0.4, 0.5) is 5.82 Å². The van der Waals surface area contributed by atoms with Gasteiger partial charge in [-0.05, 0) is 30.3 Å². The van der Waals surface area contributed by atoms with Crippen molar-refractivity contribution in [2.45, 2.75) is 0 Å². The highest BCUT2D eigenvalue weighted by Gasteiger charge is 2.19. The maximum Gasteiger partial charge on any atom is 0.199 e. The minimum Gasteiger partial charge on any atom is -0.383 e. The van der Waals surface area contributed by atoms with Crippen LogP contribution in [0.3, 0.4) is 0 Å². The van der Waals surface area contributed by atoms with Crippen LogP contribution < -0.4 is 5.73 Å². The second kappa shape index (κ2) is 5.83. The fraction of sp³-hybridized carbons (Fsp3) is 0. The molecule has 2 aromatic carbocycles. The van der Waals surface area contributed by atoms with Crippen molar-refractivity contribution < 1.29 is 4.79 Å². The zero-order chi connectivity index (χ0) is 15.7. The van der Waals surface area contributed by atoms with Crippen molar-refractivity contribution in [3.63, 3.8) is 0 Å². The molecule has 3 aromatic rings. The quantitative estimate of drug-likeness (QED) is 0.738. The van der Waals surface area contributed by atoms with Gasteiger partial charge in [0.1, 0.15) is 5.82 Å². The molecule has 1 aromatic heterocycles. The van der Waals surface area contributed by atoms with Crippen molar-refractivity contribution in [1.29, 1.82) is 0 Å². The first-order chi connectivity index (χ1) is 10.6. The number of halogens is 2. The van der Waals surface area contributed by atoms with E-state index in [1.54, 1.807) is 48.5 Å². The second-order valence-corrected chi connectivity index (χ2v) is 5.49. The van der Waals surface area contributed by atoms with Gasteiger partial charge in [0.15, 0.2) is 5.78 Å². The molecule has 0 amide bonds. The molecule has 2 N–H and O–H groups in total. The minimum atomic E-state index is -0.267. The fourth-order valence-corrected chi connectivity index (χ4v) is 2.54. The number of nitrogen functional groups attached to an aromatic ring is 1. The van der Waals surface area contributed by atoms with Crippen LogP contribution in [0.25, 0.3) is 5.69 Å². The molecule has 1 heterocycles. The van der Waals surface area contributed by atoms with Crippen LogP contribution in [-0.2, 0) is 0 Å². The molecule has 110 valence electrons. The van der Waals surface area contributed by atoms with Gasteiger partial charge < -0.3 is 5.73 Å². The number of rotatable bonds is 3. The molecule has 3 rings (SSSR count). The van der Waals surface area contributed by atoms with Crippen LogP contribution in [-0.4, -0.2) is 15.6 Å². The maximum atomic E-state index is 12.6. The highest BCUT2D eigenvalue weighted by atomic mass is 35.5. The molecule has 0 atom stereocenters. The first kappa shape index (κ1) is 14.6. The van der Waals surface area contributed by atoms with Gasteiger partial charge in [-0.25, -0.2) is 4.68 Å². The van der Waals surface area contributed by atoms with Gasteiger partial charge in [-0.1, -0.05) is 41.4 Å². The number of benzene rings is 2. The van der Waals surface area contributed by atoms with Crippen LogP contribution in [0.2, 0.25) is 10.0 Å². The standard InChI is InChI=1S/C16H11Cl2N3O/c17-10-4-3-5-11(8-10)21-16(19)13(9-20-21)15(22)12-6-1-2-7-14(12)18/h1-9H,19H2. The van der Waals surface area contributed by atoms with Crippen LogP contribution >= 0.6 is 23.2 Å². The second-order valence-electron chi connectivity index (χ2n) is 4.64. The van der Waals surface area contributed by atoms with E-state index in [1.807, 2.05) is 0 Å². The van der Waals surface area contributed by atoms with E-state index in [0.717, 1.165) is 0 Å². The molecular formula is C16H11Cl2N3O. The summed E-state index contributed by atoms with van der Waals surface area (Å²) in [6, 6.07) is 13.9. The van der Waals surface area contributed by atoms with E-state index >= 15 is 0 Å². The van der Waals surface area contributed by atoms with E-state index in [-0.39, 0.29) is 11.6 Å². The number of aromatic nitrogens is 2. The Balaban J connectivity index is 2.04. The number of anilines is 1. The average Bonchev–Trinajstić information content (AvgIpc) is 2.89. The molecule has 0 bridgehead atoms. The van der Waals surface area contributed by atoms with Crippen LogP contribution in [0.15, 0.2) is 54.7 Å². The Morgan fingerprint density at radius 3 is 2.55 bits per heavy atom. The number of hydrogen-bond acceptors (Lipinski definition) is 3. The summed E-state index contributed by atoms with van der Waals surface area (Å²) in [5.41, 5.74) is 7.44. The molecule has 6 heteroatoms. The van der Waals surface area contributed by atoms with E-state index < -0.39 is 0 Å². The largest absolute Gasteiger partial charge is 0.383 e. The fourth-order valence-electron chi connectivity index (χ4n) is 2.14. The van der Waals surface area contributed by atoms with Crippen LogP contribution in [0, 0.1) is 0 Å². The van der Waals surface area contributed by atoms with Crippen molar-refractivity contribution in [2.75, 3.05) is 5.73 Å². The molecule has 0 unspecified atom stereocenters. The predicted molar refractivity (Wildman–Crippen MR) is 87.9 cm³/mol. The summed E-state index contributed by atoms with van der Waals surface area (Å²) in [7, 11) is 0. The Labute approximate surface area is 137 Å². The first-order valence-corrected chi connectivity index (χ1v) is 7.22. The Bertz CT molecular complexity index is 858. The molecule has 0 spiro atoms. The average molecular weight is 332 g/mol. The number of nitrogens with zero attached hydrogens (tertiary/aromatic N) is 2. The van der Waals surface area contributed by atoms with Crippen molar-refractivity contribution in [3.05, 3.63) is 75.9 Å². The third-order valence-electron chi connectivity index (χ3n) is 3.22. The number of ketones is 1. The van der Waals surface area contributed by atoms with Gasteiger partial charge in [-0.2, -0.15) is 5.10 Å². The summed E-state index contributed by atoms with van der Waals surface area (Å²) in [6.45, 7) is 0. The van der Waals surface area contributed by atoms with Crippen molar-refractivity contribution in [1.82, 2.24) is 9.78 Å². The van der Waals surface area contributed by atoms with E-state index in [9.17, 15) is 4.79 Å². The van der Waals surface area contributed by atoms with Crippen molar-refractivity contribution >= 4 is 34.8 Å². The summed E-state index contributed by atoms with van der Waals surface area (Å²) < 4.78 is 1.47. The lowest BCUT2D eigenvalue weighted by Crippen LogP contribution is -2.07. The van der Waals surface area contributed by atoms with Crippen molar-refractivity contribution in [2.24, 2.45) is 0 Å².